The maximum Gasteiger partial charge on any atom is 0.251 e. The van der Waals surface area contributed by atoms with Crippen molar-refractivity contribution < 1.29 is 14.0 Å². The number of hydrogen-bond acceptors (Lipinski definition) is 3. The molecule has 0 atom stereocenters. The van der Waals surface area contributed by atoms with E-state index in [9.17, 15) is 14.0 Å². The second-order valence-corrected chi connectivity index (χ2v) is 7.83. The van der Waals surface area contributed by atoms with Crippen LogP contribution in [0.3, 0.4) is 0 Å². The third kappa shape index (κ3) is 5.44. The van der Waals surface area contributed by atoms with E-state index >= 15 is 0 Å². The van der Waals surface area contributed by atoms with Crippen LogP contribution in [-0.2, 0) is 24.3 Å². The van der Waals surface area contributed by atoms with Crippen LogP contribution in [0.2, 0.25) is 0 Å². The fourth-order valence-electron chi connectivity index (χ4n) is 3.71. The van der Waals surface area contributed by atoms with Gasteiger partial charge in [-0.15, -0.1) is 0 Å². The molecule has 3 aromatic carbocycles. The van der Waals surface area contributed by atoms with Crippen LogP contribution in [0.15, 0.2) is 72.8 Å². The molecule has 2 N–H and O–H groups in total. The summed E-state index contributed by atoms with van der Waals surface area (Å²) in [4.78, 5) is 29.8. The second-order valence-electron chi connectivity index (χ2n) is 7.83. The molecule has 0 saturated heterocycles. The van der Waals surface area contributed by atoms with Gasteiger partial charge >= 0.3 is 0 Å². The quantitative estimate of drug-likeness (QED) is 0.434. The third-order valence-electron chi connectivity index (χ3n) is 5.46. The van der Waals surface area contributed by atoms with Gasteiger partial charge in [0.15, 0.2) is 0 Å². The Balaban J connectivity index is 1.43. The van der Waals surface area contributed by atoms with Gasteiger partial charge in [-0.1, -0.05) is 42.5 Å². The summed E-state index contributed by atoms with van der Waals surface area (Å²) in [6, 6.07) is 21.1. The molecule has 4 aromatic rings. The minimum absolute atomic E-state index is 0.1000. The van der Waals surface area contributed by atoms with E-state index in [0.717, 1.165) is 28.0 Å². The largest absolute Gasteiger partial charge is 0.352 e. The van der Waals surface area contributed by atoms with E-state index in [0.29, 0.717) is 25.1 Å². The van der Waals surface area contributed by atoms with Gasteiger partial charge in [0, 0.05) is 25.1 Å². The van der Waals surface area contributed by atoms with Gasteiger partial charge in [-0.25, -0.2) is 9.37 Å². The second kappa shape index (κ2) is 10.1. The molecular weight excluding hydrogens is 419 g/mol. The highest BCUT2D eigenvalue weighted by molar-refractivity contribution is 5.95. The van der Waals surface area contributed by atoms with Gasteiger partial charge in [0.2, 0.25) is 5.91 Å². The van der Waals surface area contributed by atoms with Crippen molar-refractivity contribution in [1.82, 2.24) is 20.2 Å². The van der Waals surface area contributed by atoms with Crippen LogP contribution in [0, 0.1) is 12.7 Å². The van der Waals surface area contributed by atoms with Gasteiger partial charge < -0.3 is 15.2 Å². The predicted octanol–water partition coefficient (Wildman–Crippen LogP) is 3.77. The lowest BCUT2D eigenvalue weighted by atomic mass is 10.1. The number of carbonyl (C=O) groups excluding carboxylic acids is 2. The first-order chi connectivity index (χ1) is 16.0. The van der Waals surface area contributed by atoms with Crippen LogP contribution < -0.4 is 10.6 Å². The molecule has 0 radical (unpaired) electrons. The molecule has 168 valence electrons. The summed E-state index contributed by atoms with van der Waals surface area (Å²) in [5.41, 5.74) is 4.03. The molecule has 0 aliphatic carbocycles. The zero-order chi connectivity index (χ0) is 23.2. The van der Waals surface area contributed by atoms with Gasteiger partial charge in [-0.2, -0.15) is 0 Å². The monoisotopic (exact) mass is 444 g/mol. The number of aryl methyl sites for hydroxylation is 1. The molecule has 6 nitrogen and oxygen atoms in total. The minimum atomic E-state index is -0.311. The smallest absolute Gasteiger partial charge is 0.251 e. The zero-order valence-corrected chi connectivity index (χ0v) is 18.3. The number of halogens is 1. The molecule has 7 heteroatoms. The maximum absolute atomic E-state index is 13.1. The lowest BCUT2D eigenvalue weighted by molar-refractivity contribution is -0.121. The van der Waals surface area contributed by atoms with E-state index in [1.807, 2.05) is 54.0 Å². The average Bonchev–Trinajstić information content (AvgIpc) is 3.16. The molecule has 0 spiro atoms. The zero-order valence-electron chi connectivity index (χ0n) is 18.3. The van der Waals surface area contributed by atoms with Crippen molar-refractivity contribution in [3.63, 3.8) is 0 Å². The fourth-order valence-corrected chi connectivity index (χ4v) is 3.71. The van der Waals surface area contributed by atoms with Crippen molar-refractivity contribution in [1.29, 1.82) is 0 Å². The highest BCUT2D eigenvalue weighted by Gasteiger charge is 2.14. The summed E-state index contributed by atoms with van der Waals surface area (Å²) in [7, 11) is 0. The number of nitrogens with one attached hydrogen (secondary N) is 2. The fraction of sp³-hybridized carbons (Fsp3) is 0.192. The van der Waals surface area contributed by atoms with E-state index in [-0.39, 0.29) is 24.2 Å². The molecule has 33 heavy (non-hydrogen) atoms. The number of carbonyl (C=O) groups is 2. The summed E-state index contributed by atoms with van der Waals surface area (Å²) < 4.78 is 14.9. The van der Waals surface area contributed by atoms with Crippen molar-refractivity contribution in [2.24, 2.45) is 0 Å². The number of rotatable bonds is 8. The molecular formula is C26H25FN4O2. The van der Waals surface area contributed by atoms with Crippen LogP contribution in [-0.4, -0.2) is 27.9 Å². The van der Waals surface area contributed by atoms with Crippen LogP contribution in [0.4, 0.5) is 4.39 Å². The SMILES string of the molecule is Cc1ccccc1C(=O)NCCc1nc2ccccc2n1CC(=O)NCc1ccc(F)cc1. The maximum atomic E-state index is 13.1. The molecule has 0 fully saturated rings. The average molecular weight is 445 g/mol. The Labute approximate surface area is 191 Å². The van der Waals surface area contributed by atoms with Gasteiger partial charge in [0.05, 0.1) is 11.0 Å². The van der Waals surface area contributed by atoms with E-state index in [4.69, 9.17) is 0 Å². The first-order valence-corrected chi connectivity index (χ1v) is 10.8. The van der Waals surface area contributed by atoms with Crippen molar-refractivity contribution >= 4 is 22.8 Å². The molecule has 1 aromatic heterocycles. The minimum Gasteiger partial charge on any atom is -0.352 e. The predicted molar refractivity (Wildman–Crippen MR) is 125 cm³/mol. The van der Waals surface area contributed by atoms with Gasteiger partial charge in [0.25, 0.3) is 5.91 Å². The molecule has 0 aliphatic heterocycles. The first-order valence-electron chi connectivity index (χ1n) is 10.8. The topological polar surface area (TPSA) is 76.0 Å². The highest BCUT2D eigenvalue weighted by atomic mass is 19.1. The van der Waals surface area contributed by atoms with E-state index < -0.39 is 0 Å². The summed E-state index contributed by atoms with van der Waals surface area (Å²) in [5, 5.41) is 5.81. The standard InChI is InChI=1S/C26H25FN4O2/c1-18-6-2-3-7-21(18)26(33)28-15-14-24-30-22-8-4-5-9-23(22)31(24)17-25(32)29-16-19-10-12-20(27)13-11-19/h2-13H,14-17H2,1H3,(H,28,33)(H,29,32). The van der Waals surface area contributed by atoms with Crippen LogP contribution >= 0.6 is 0 Å². The lowest BCUT2D eigenvalue weighted by Crippen LogP contribution is -2.29. The van der Waals surface area contributed by atoms with Crippen LogP contribution in [0.5, 0.6) is 0 Å². The number of benzene rings is 3. The summed E-state index contributed by atoms with van der Waals surface area (Å²) in [6.07, 6.45) is 0.484. The Morgan fingerprint density at radius 1 is 0.939 bits per heavy atom. The number of hydrogen-bond donors (Lipinski definition) is 2. The Bertz CT molecular complexity index is 1280. The van der Waals surface area contributed by atoms with Crippen LogP contribution in [0.1, 0.15) is 27.3 Å². The lowest BCUT2D eigenvalue weighted by Gasteiger charge is -2.11. The number of amides is 2. The Morgan fingerprint density at radius 3 is 2.45 bits per heavy atom. The molecule has 0 saturated carbocycles. The van der Waals surface area contributed by atoms with Crippen LogP contribution in [0.25, 0.3) is 11.0 Å². The number of nitrogens with zero attached hydrogens (tertiary/aromatic N) is 2. The van der Waals surface area contributed by atoms with E-state index in [1.165, 1.54) is 12.1 Å². The van der Waals surface area contributed by atoms with E-state index in [2.05, 4.69) is 15.6 Å². The van der Waals surface area contributed by atoms with Gasteiger partial charge in [-0.3, -0.25) is 9.59 Å². The molecule has 0 aliphatic rings. The number of imidazole rings is 1. The summed E-state index contributed by atoms with van der Waals surface area (Å²) in [6.45, 7) is 2.71. The summed E-state index contributed by atoms with van der Waals surface area (Å²) >= 11 is 0. The normalized spacial score (nSPS) is 10.8. The third-order valence-corrected chi connectivity index (χ3v) is 5.46. The molecule has 1 heterocycles. The molecule has 2 amide bonds. The van der Waals surface area contributed by atoms with Gasteiger partial charge in [0.1, 0.15) is 18.2 Å². The first kappa shape index (κ1) is 22.2. The highest BCUT2D eigenvalue weighted by Crippen LogP contribution is 2.16. The Morgan fingerprint density at radius 2 is 1.67 bits per heavy atom. The van der Waals surface area contributed by atoms with Crippen molar-refractivity contribution in [3.8, 4) is 0 Å². The Hall–Kier alpha value is -4.00. The number of para-hydroxylation sites is 2. The van der Waals surface area contributed by atoms with Gasteiger partial charge in [-0.05, 0) is 48.4 Å². The van der Waals surface area contributed by atoms with E-state index in [1.54, 1.807) is 18.2 Å². The van der Waals surface area contributed by atoms with Crippen molar-refractivity contribution in [2.45, 2.75) is 26.4 Å². The molecule has 0 bridgehead atoms. The molecule has 0 unspecified atom stereocenters. The Kier molecular flexibility index (Phi) is 6.78. The molecule has 4 rings (SSSR count). The number of aromatic nitrogens is 2. The number of fused-ring (bicyclic) bond motifs is 1. The summed E-state index contributed by atoms with van der Waals surface area (Å²) in [5.74, 6) is 0.104. The van der Waals surface area contributed by atoms with Crippen molar-refractivity contribution in [2.75, 3.05) is 6.54 Å². The van der Waals surface area contributed by atoms with Crippen molar-refractivity contribution in [3.05, 3.63) is 101 Å².